The average Bonchev–Trinajstić information content (AvgIpc) is 3.22. The van der Waals surface area contributed by atoms with Crippen LogP contribution in [0.2, 0.25) is 0 Å². The fourth-order valence-corrected chi connectivity index (χ4v) is 4.80. The summed E-state index contributed by atoms with van der Waals surface area (Å²) in [5.41, 5.74) is 0.892. The first-order valence-electron chi connectivity index (χ1n) is 10.5. The van der Waals surface area contributed by atoms with Crippen LogP contribution in [0, 0.1) is 11.6 Å². The van der Waals surface area contributed by atoms with Gasteiger partial charge in [-0.3, -0.25) is 9.36 Å². The average molecular weight is 443 g/mol. The molecule has 0 saturated carbocycles. The van der Waals surface area contributed by atoms with Gasteiger partial charge in [0.05, 0.1) is 11.3 Å². The Morgan fingerprint density at radius 2 is 1.87 bits per heavy atom. The summed E-state index contributed by atoms with van der Waals surface area (Å²) in [4.78, 5) is 14.9. The summed E-state index contributed by atoms with van der Waals surface area (Å²) in [5.74, 6) is -0.205. The molecule has 1 atom stereocenters. The molecule has 1 amide bonds. The zero-order valence-corrected chi connectivity index (χ0v) is 18.1. The van der Waals surface area contributed by atoms with Crippen molar-refractivity contribution in [2.45, 2.75) is 43.8 Å². The van der Waals surface area contributed by atoms with E-state index in [0.29, 0.717) is 22.2 Å². The molecule has 3 aromatic rings. The summed E-state index contributed by atoms with van der Waals surface area (Å²) in [7, 11) is 0. The van der Waals surface area contributed by atoms with Gasteiger partial charge in [-0.2, -0.15) is 0 Å². The Bertz CT molecular complexity index is 1050. The number of halogens is 2. The van der Waals surface area contributed by atoms with Crippen molar-refractivity contribution in [2.75, 3.05) is 12.3 Å². The fraction of sp³-hybridized carbons (Fsp3) is 0.348. The first-order chi connectivity index (χ1) is 15.1. The van der Waals surface area contributed by atoms with E-state index in [9.17, 15) is 13.6 Å². The van der Waals surface area contributed by atoms with Crippen molar-refractivity contribution < 1.29 is 13.6 Å². The molecule has 2 heterocycles. The third-order valence-corrected chi connectivity index (χ3v) is 6.49. The largest absolute Gasteiger partial charge is 0.339 e. The monoisotopic (exact) mass is 442 g/mol. The zero-order valence-electron chi connectivity index (χ0n) is 17.3. The molecule has 5 nitrogen and oxygen atoms in total. The zero-order chi connectivity index (χ0) is 21.8. The van der Waals surface area contributed by atoms with Crippen LogP contribution in [0.4, 0.5) is 8.78 Å². The summed E-state index contributed by atoms with van der Waals surface area (Å²) in [6.45, 7) is 2.89. The number of rotatable bonds is 6. The third kappa shape index (κ3) is 4.63. The van der Waals surface area contributed by atoms with Crippen molar-refractivity contribution in [2.24, 2.45) is 0 Å². The number of thioether (sulfide) groups is 1. The number of benzene rings is 2. The molecule has 1 unspecified atom stereocenters. The number of aromatic nitrogens is 3. The van der Waals surface area contributed by atoms with E-state index in [2.05, 4.69) is 17.1 Å². The smallest absolute Gasteiger partial charge is 0.233 e. The van der Waals surface area contributed by atoms with E-state index >= 15 is 0 Å². The highest BCUT2D eigenvalue weighted by Gasteiger charge is 2.26. The van der Waals surface area contributed by atoms with Crippen molar-refractivity contribution >= 4 is 17.7 Å². The minimum atomic E-state index is -0.426. The lowest BCUT2D eigenvalue weighted by molar-refractivity contribution is -0.132. The second-order valence-electron chi connectivity index (χ2n) is 7.53. The second-order valence-corrected chi connectivity index (χ2v) is 8.47. The third-order valence-electron chi connectivity index (χ3n) is 5.58. The van der Waals surface area contributed by atoms with Crippen LogP contribution in [0.1, 0.15) is 32.6 Å². The molecule has 31 heavy (non-hydrogen) atoms. The number of hydrogen-bond donors (Lipinski definition) is 0. The topological polar surface area (TPSA) is 51.0 Å². The molecule has 8 heteroatoms. The van der Waals surface area contributed by atoms with Crippen LogP contribution in [0.25, 0.3) is 17.1 Å². The summed E-state index contributed by atoms with van der Waals surface area (Å²) in [5, 5.41) is 8.90. The molecule has 1 aromatic heterocycles. The van der Waals surface area contributed by atoms with Crippen molar-refractivity contribution in [1.82, 2.24) is 19.7 Å². The van der Waals surface area contributed by atoms with Gasteiger partial charge in [-0.15, -0.1) is 10.2 Å². The van der Waals surface area contributed by atoms with Crippen LogP contribution < -0.4 is 0 Å². The predicted octanol–water partition coefficient (Wildman–Crippen LogP) is 5.10. The highest BCUT2D eigenvalue weighted by molar-refractivity contribution is 7.99. The molecule has 1 fully saturated rings. The van der Waals surface area contributed by atoms with Crippen LogP contribution in [0.5, 0.6) is 0 Å². The minimum absolute atomic E-state index is 0.0673. The number of carbonyl (C=O) groups is 1. The van der Waals surface area contributed by atoms with Crippen molar-refractivity contribution in [3.05, 3.63) is 60.2 Å². The highest BCUT2D eigenvalue weighted by Crippen LogP contribution is 2.30. The molecule has 1 saturated heterocycles. The maximum absolute atomic E-state index is 14.5. The SMILES string of the molecule is CCC1CCCCN1C(=O)CSc1nnc(-c2ccccc2F)n1-c1ccc(F)cc1. The summed E-state index contributed by atoms with van der Waals surface area (Å²) in [6, 6.07) is 12.4. The Balaban J connectivity index is 1.64. The van der Waals surface area contributed by atoms with E-state index in [1.165, 1.54) is 30.0 Å². The van der Waals surface area contributed by atoms with Gasteiger partial charge in [-0.05, 0) is 62.1 Å². The van der Waals surface area contributed by atoms with E-state index in [1.807, 2.05) is 4.90 Å². The van der Waals surface area contributed by atoms with Gasteiger partial charge in [0.25, 0.3) is 0 Å². The van der Waals surface area contributed by atoms with Crippen LogP contribution in [-0.2, 0) is 4.79 Å². The lowest BCUT2D eigenvalue weighted by atomic mass is 10.0. The number of carbonyl (C=O) groups excluding carboxylic acids is 1. The first kappa shape index (κ1) is 21.5. The van der Waals surface area contributed by atoms with Crippen LogP contribution in [0.15, 0.2) is 53.7 Å². The van der Waals surface area contributed by atoms with Gasteiger partial charge in [0.1, 0.15) is 11.6 Å². The molecule has 1 aliphatic heterocycles. The quantitative estimate of drug-likeness (QED) is 0.499. The van der Waals surface area contributed by atoms with Crippen molar-refractivity contribution in [3.8, 4) is 17.1 Å². The number of hydrogen-bond acceptors (Lipinski definition) is 4. The van der Waals surface area contributed by atoms with Gasteiger partial charge < -0.3 is 4.90 Å². The van der Waals surface area contributed by atoms with Crippen molar-refractivity contribution in [3.63, 3.8) is 0 Å². The van der Waals surface area contributed by atoms with Gasteiger partial charge >= 0.3 is 0 Å². The van der Waals surface area contributed by atoms with E-state index in [0.717, 1.165) is 32.2 Å². The maximum Gasteiger partial charge on any atom is 0.233 e. The van der Waals surface area contributed by atoms with Gasteiger partial charge in [0.15, 0.2) is 11.0 Å². The van der Waals surface area contributed by atoms with Gasteiger partial charge in [-0.25, -0.2) is 8.78 Å². The minimum Gasteiger partial charge on any atom is -0.339 e. The Labute approximate surface area is 184 Å². The number of nitrogens with zero attached hydrogens (tertiary/aromatic N) is 4. The molecule has 162 valence electrons. The molecule has 4 rings (SSSR count). The Morgan fingerprint density at radius 1 is 1.10 bits per heavy atom. The van der Waals surface area contributed by atoms with Crippen LogP contribution in [-0.4, -0.2) is 43.9 Å². The standard InChI is InChI=1S/C23H24F2N4OS/c1-2-17-7-5-6-14-28(17)21(30)15-31-23-27-26-22(19-8-3-4-9-20(19)25)29(23)18-12-10-16(24)11-13-18/h3-4,8-13,17H,2,5-7,14-15H2,1H3. The molecule has 0 bridgehead atoms. The molecular formula is C23H24F2N4OS. The van der Waals surface area contributed by atoms with Crippen LogP contribution in [0.3, 0.4) is 0 Å². The molecular weight excluding hydrogens is 418 g/mol. The summed E-state index contributed by atoms with van der Waals surface area (Å²) >= 11 is 1.26. The predicted molar refractivity (Wildman–Crippen MR) is 117 cm³/mol. The van der Waals surface area contributed by atoms with Crippen molar-refractivity contribution in [1.29, 1.82) is 0 Å². The molecule has 1 aliphatic rings. The molecule has 0 spiro atoms. The van der Waals surface area contributed by atoms with E-state index in [1.54, 1.807) is 34.9 Å². The summed E-state index contributed by atoms with van der Waals surface area (Å²) < 4.78 is 29.6. The maximum atomic E-state index is 14.5. The van der Waals surface area contributed by atoms with E-state index < -0.39 is 5.82 Å². The summed E-state index contributed by atoms with van der Waals surface area (Å²) in [6.07, 6.45) is 4.16. The Kier molecular flexibility index (Phi) is 6.65. The number of piperidine rings is 1. The second kappa shape index (κ2) is 9.60. The number of likely N-dealkylation sites (tertiary alicyclic amines) is 1. The Morgan fingerprint density at radius 3 is 2.61 bits per heavy atom. The Hall–Kier alpha value is -2.74. The molecule has 2 aromatic carbocycles. The van der Waals surface area contributed by atoms with Gasteiger partial charge in [0.2, 0.25) is 5.91 Å². The van der Waals surface area contributed by atoms with E-state index in [4.69, 9.17) is 0 Å². The normalized spacial score (nSPS) is 16.5. The van der Waals surface area contributed by atoms with Crippen LogP contribution >= 0.6 is 11.8 Å². The van der Waals surface area contributed by atoms with Gasteiger partial charge in [0, 0.05) is 18.3 Å². The highest BCUT2D eigenvalue weighted by atomic mass is 32.2. The number of amides is 1. The lowest BCUT2D eigenvalue weighted by Gasteiger charge is -2.35. The molecule has 0 N–H and O–H groups in total. The fourth-order valence-electron chi connectivity index (χ4n) is 3.97. The first-order valence-corrected chi connectivity index (χ1v) is 11.5. The molecule has 0 radical (unpaired) electrons. The van der Waals surface area contributed by atoms with E-state index in [-0.39, 0.29) is 23.5 Å². The lowest BCUT2D eigenvalue weighted by Crippen LogP contribution is -2.44. The molecule has 0 aliphatic carbocycles. The van der Waals surface area contributed by atoms with Gasteiger partial charge in [-0.1, -0.05) is 30.8 Å².